The Morgan fingerprint density at radius 1 is 0.860 bits per heavy atom. The first-order valence-electron chi connectivity index (χ1n) is 13.5. The SMILES string of the molecule is Cc1ccc2ccccc2c1C(=O)N(Cc1ccc(-c2cccc(C(C)(N)C(=O)O)c2)cc1)Cc1ccc(C(F)(F)F)o1. The number of carbonyl (C=O) groups excluding carboxylic acids is 1. The third-order valence-electron chi connectivity index (χ3n) is 7.49. The van der Waals surface area contributed by atoms with Gasteiger partial charge in [-0.25, -0.2) is 4.79 Å². The van der Waals surface area contributed by atoms with Crippen molar-refractivity contribution in [2.45, 2.75) is 38.7 Å². The van der Waals surface area contributed by atoms with E-state index >= 15 is 0 Å². The van der Waals surface area contributed by atoms with Gasteiger partial charge in [-0.2, -0.15) is 13.2 Å². The van der Waals surface area contributed by atoms with E-state index in [4.69, 9.17) is 10.2 Å². The molecule has 0 spiro atoms. The largest absolute Gasteiger partial charge is 0.480 e. The summed E-state index contributed by atoms with van der Waals surface area (Å²) in [5.74, 6) is -2.60. The Bertz CT molecular complexity index is 1810. The van der Waals surface area contributed by atoms with Crippen molar-refractivity contribution in [3.63, 3.8) is 0 Å². The van der Waals surface area contributed by atoms with E-state index in [2.05, 4.69) is 0 Å². The van der Waals surface area contributed by atoms with Crippen molar-refractivity contribution < 1.29 is 32.3 Å². The van der Waals surface area contributed by atoms with Gasteiger partial charge in [-0.3, -0.25) is 4.79 Å². The van der Waals surface area contributed by atoms with Gasteiger partial charge in [0.2, 0.25) is 5.76 Å². The smallest absolute Gasteiger partial charge is 0.449 e. The number of carboxylic acid groups (broad SMARTS) is 1. The van der Waals surface area contributed by atoms with Crippen LogP contribution < -0.4 is 5.73 Å². The minimum absolute atomic E-state index is 0.00950. The van der Waals surface area contributed by atoms with E-state index in [9.17, 15) is 27.9 Å². The summed E-state index contributed by atoms with van der Waals surface area (Å²) in [6.07, 6.45) is -4.64. The quantitative estimate of drug-likeness (QED) is 0.196. The van der Waals surface area contributed by atoms with Crippen LogP contribution in [0.1, 0.15) is 45.5 Å². The molecule has 1 heterocycles. The zero-order chi connectivity index (χ0) is 30.9. The Hall–Kier alpha value is -4.89. The maximum atomic E-state index is 14.1. The number of amides is 1. The van der Waals surface area contributed by atoms with Gasteiger partial charge in [0.15, 0.2) is 0 Å². The molecular formula is C34H29F3N2O4. The average Bonchev–Trinajstić information content (AvgIpc) is 3.46. The molecule has 0 bridgehead atoms. The fourth-order valence-electron chi connectivity index (χ4n) is 4.99. The van der Waals surface area contributed by atoms with Gasteiger partial charge < -0.3 is 20.2 Å². The van der Waals surface area contributed by atoms with Crippen molar-refractivity contribution in [2.75, 3.05) is 0 Å². The number of carbonyl (C=O) groups is 2. The van der Waals surface area contributed by atoms with E-state index in [-0.39, 0.29) is 24.8 Å². The van der Waals surface area contributed by atoms with Gasteiger partial charge in [0.25, 0.3) is 5.91 Å². The van der Waals surface area contributed by atoms with E-state index in [0.717, 1.165) is 39.1 Å². The number of furan rings is 1. The second-order valence-corrected chi connectivity index (χ2v) is 10.7. The van der Waals surface area contributed by atoms with Crippen LogP contribution in [-0.2, 0) is 29.6 Å². The highest BCUT2D eigenvalue weighted by Crippen LogP contribution is 2.32. The zero-order valence-corrected chi connectivity index (χ0v) is 23.5. The maximum Gasteiger partial charge on any atom is 0.449 e. The van der Waals surface area contributed by atoms with Crippen LogP contribution in [0.25, 0.3) is 21.9 Å². The first-order valence-corrected chi connectivity index (χ1v) is 13.5. The van der Waals surface area contributed by atoms with Crippen LogP contribution in [0.4, 0.5) is 13.2 Å². The highest BCUT2D eigenvalue weighted by atomic mass is 19.4. The normalized spacial score (nSPS) is 13.1. The third-order valence-corrected chi connectivity index (χ3v) is 7.49. The maximum absolute atomic E-state index is 14.1. The molecule has 6 nitrogen and oxygen atoms in total. The standard InChI is InChI=1S/C34H29F3N2O4/c1-21-10-13-24-6-3-4-9-28(24)30(21)31(40)39(20-27-16-17-29(43-27)34(35,36)37)19-22-11-14-23(15-12-22)25-7-5-8-26(18-25)33(2,38)32(41)42/h3-18H,19-20,38H2,1-2H3,(H,41,42). The summed E-state index contributed by atoms with van der Waals surface area (Å²) in [5.41, 5.74) is 8.41. The number of hydrogen-bond donors (Lipinski definition) is 2. The summed E-state index contributed by atoms with van der Waals surface area (Å²) in [6, 6.07) is 27.6. The number of halogens is 3. The summed E-state index contributed by atoms with van der Waals surface area (Å²) in [4.78, 5) is 27.2. The molecule has 0 saturated carbocycles. The van der Waals surface area contributed by atoms with Gasteiger partial charge in [0.05, 0.1) is 12.1 Å². The Kier molecular flexibility index (Phi) is 7.86. The highest BCUT2D eigenvalue weighted by Gasteiger charge is 2.35. The van der Waals surface area contributed by atoms with E-state index in [1.54, 1.807) is 18.2 Å². The fraction of sp³-hybridized carbons (Fsp3) is 0.176. The van der Waals surface area contributed by atoms with Crippen LogP contribution in [0, 0.1) is 6.92 Å². The van der Waals surface area contributed by atoms with Gasteiger partial charge in [0, 0.05) is 6.54 Å². The Balaban J connectivity index is 1.48. The van der Waals surface area contributed by atoms with Crippen molar-refractivity contribution in [1.29, 1.82) is 0 Å². The average molecular weight is 587 g/mol. The summed E-state index contributed by atoms with van der Waals surface area (Å²) in [6.45, 7) is 3.18. The number of aryl methyl sites for hydroxylation is 1. The number of benzene rings is 4. The van der Waals surface area contributed by atoms with Gasteiger partial charge in [0.1, 0.15) is 11.3 Å². The molecule has 3 N–H and O–H groups in total. The number of aliphatic carboxylic acids is 1. The molecule has 0 aliphatic rings. The molecule has 0 fully saturated rings. The third kappa shape index (κ3) is 6.17. The molecule has 0 aliphatic carbocycles. The second kappa shape index (κ2) is 11.4. The molecule has 1 atom stereocenters. The molecule has 1 amide bonds. The summed E-state index contributed by atoms with van der Waals surface area (Å²) in [7, 11) is 0. The highest BCUT2D eigenvalue weighted by molar-refractivity contribution is 6.08. The van der Waals surface area contributed by atoms with Crippen LogP contribution in [-0.4, -0.2) is 21.9 Å². The van der Waals surface area contributed by atoms with E-state index in [0.29, 0.717) is 11.1 Å². The van der Waals surface area contributed by atoms with Crippen LogP contribution in [0.5, 0.6) is 0 Å². The number of rotatable bonds is 8. The lowest BCUT2D eigenvalue weighted by molar-refractivity contribution is -0.153. The topological polar surface area (TPSA) is 96.8 Å². The van der Waals surface area contributed by atoms with Crippen molar-refractivity contribution in [3.05, 3.63) is 131 Å². The minimum atomic E-state index is -4.64. The van der Waals surface area contributed by atoms with Crippen LogP contribution in [0.15, 0.2) is 101 Å². The van der Waals surface area contributed by atoms with Gasteiger partial charge in [-0.1, -0.05) is 78.9 Å². The molecule has 220 valence electrons. The lowest BCUT2D eigenvalue weighted by atomic mass is 9.90. The van der Waals surface area contributed by atoms with E-state index < -0.39 is 23.4 Å². The lowest BCUT2D eigenvalue weighted by Crippen LogP contribution is -2.41. The first kappa shape index (κ1) is 29.6. The number of nitrogens with zero attached hydrogens (tertiary/aromatic N) is 1. The van der Waals surface area contributed by atoms with Gasteiger partial charge in [-0.15, -0.1) is 0 Å². The number of alkyl halides is 3. The number of fused-ring (bicyclic) bond motifs is 1. The number of nitrogens with two attached hydrogens (primary N) is 1. The van der Waals surface area contributed by atoms with Gasteiger partial charge >= 0.3 is 12.1 Å². The zero-order valence-electron chi connectivity index (χ0n) is 23.5. The summed E-state index contributed by atoms with van der Waals surface area (Å²) < 4.78 is 44.8. The molecule has 1 unspecified atom stereocenters. The van der Waals surface area contributed by atoms with Gasteiger partial charge in [-0.05, 0) is 70.6 Å². The Morgan fingerprint density at radius 2 is 1.58 bits per heavy atom. The lowest BCUT2D eigenvalue weighted by Gasteiger charge is -2.24. The molecule has 5 rings (SSSR count). The van der Waals surface area contributed by atoms with E-state index in [1.807, 2.05) is 73.7 Å². The van der Waals surface area contributed by atoms with Crippen LogP contribution in [0.2, 0.25) is 0 Å². The Labute approximate surface area is 246 Å². The summed E-state index contributed by atoms with van der Waals surface area (Å²) in [5, 5.41) is 11.1. The van der Waals surface area contributed by atoms with E-state index in [1.165, 1.54) is 17.9 Å². The summed E-state index contributed by atoms with van der Waals surface area (Å²) >= 11 is 0. The molecule has 43 heavy (non-hydrogen) atoms. The molecule has 0 radical (unpaired) electrons. The molecule has 0 saturated heterocycles. The number of carboxylic acids is 1. The van der Waals surface area contributed by atoms with Crippen LogP contribution in [0.3, 0.4) is 0 Å². The molecule has 1 aromatic heterocycles. The second-order valence-electron chi connectivity index (χ2n) is 10.7. The monoisotopic (exact) mass is 586 g/mol. The van der Waals surface area contributed by atoms with Crippen molar-refractivity contribution in [2.24, 2.45) is 5.73 Å². The fourth-order valence-corrected chi connectivity index (χ4v) is 4.99. The molecule has 0 aliphatic heterocycles. The predicted molar refractivity (Wildman–Crippen MR) is 157 cm³/mol. The molecule has 9 heteroatoms. The van der Waals surface area contributed by atoms with Crippen molar-refractivity contribution >= 4 is 22.6 Å². The predicted octanol–water partition coefficient (Wildman–Crippen LogP) is 7.53. The van der Waals surface area contributed by atoms with Crippen molar-refractivity contribution in [1.82, 2.24) is 4.90 Å². The first-order chi connectivity index (χ1) is 20.3. The Morgan fingerprint density at radius 3 is 2.26 bits per heavy atom. The molecular weight excluding hydrogens is 557 g/mol. The van der Waals surface area contributed by atoms with Crippen LogP contribution >= 0.6 is 0 Å². The molecule has 4 aromatic carbocycles. The van der Waals surface area contributed by atoms with Crippen molar-refractivity contribution in [3.8, 4) is 11.1 Å². The minimum Gasteiger partial charge on any atom is -0.480 e. The number of hydrogen-bond acceptors (Lipinski definition) is 4. The molecule has 5 aromatic rings.